The molecule has 0 amide bonds. The standard InChI is InChI=1S/C22H15F2N3/c23-17-7-3-1-5-15(17)21-20(24)22(16-6-2-4-8-18(16)26-21)27-12-10-14-13-25-11-9-19(14)27/h1-9,11,13H,10,12H2. The lowest BCUT2D eigenvalue weighted by Crippen LogP contribution is -2.16. The van der Waals surface area contributed by atoms with Crippen LogP contribution >= 0.6 is 0 Å². The van der Waals surface area contributed by atoms with E-state index >= 15 is 4.39 Å². The van der Waals surface area contributed by atoms with Crippen LogP contribution in [0.5, 0.6) is 0 Å². The molecule has 5 heteroatoms. The van der Waals surface area contributed by atoms with Gasteiger partial charge in [0.1, 0.15) is 11.5 Å². The Kier molecular flexibility index (Phi) is 3.60. The Morgan fingerprint density at radius 1 is 0.926 bits per heavy atom. The lowest BCUT2D eigenvalue weighted by Gasteiger charge is -2.23. The number of hydrogen-bond acceptors (Lipinski definition) is 3. The molecule has 3 heterocycles. The highest BCUT2D eigenvalue weighted by molar-refractivity contribution is 5.97. The highest BCUT2D eigenvalue weighted by Gasteiger charge is 2.27. The van der Waals surface area contributed by atoms with E-state index in [4.69, 9.17) is 0 Å². The predicted molar refractivity (Wildman–Crippen MR) is 102 cm³/mol. The normalized spacial score (nSPS) is 13.2. The molecule has 3 nitrogen and oxygen atoms in total. The number of aromatic nitrogens is 2. The maximum absolute atomic E-state index is 15.7. The quantitative estimate of drug-likeness (QED) is 0.488. The molecular formula is C22H15F2N3. The minimum absolute atomic E-state index is 0.0318. The van der Waals surface area contributed by atoms with Crippen molar-refractivity contribution in [3.63, 3.8) is 0 Å². The Bertz CT molecular complexity index is 1170. The molecule has 1 aliphatic heterocycles. The molecule has 1 aliphatic rings. The van der Waals surface area contributed by atoms with E-state index in [1.54, 1.807) is 24.4 Å². The number of rotatable bonds is 2. The molecule has 0 N–H and O–H groups in total. The van der Waals surface area contributed by atoms with Crippen molar-refractivity contribution in [3.05, 3.63) is 84.2 Å². The van der Waals surface area contributed by atoms with Gasteiger partial charge in [-0.1, -0.05) is 30.3 Å². The molecule has 0 fully saturated rings. The summed E-state index contributed by atoms with van der Waals surface area (Å²) in [6.07, 6.45) is 4.30. The minimum atomic E-state index is -0.511. The van der Waals surface area contributed by atoms with Crippen LogP contribution in [0.2, 0.25) is 0 Å². The van der Waals surface area contributed by atoms with Gasteiger partial charge in [0.05, 0.1) is 11.2 Å². The largest absolute Gasteiger partial charge is 0.338 e. The molecule has 2 aromatic carbocycles. The summed E-state index contributed by atoms with van der Waals surface area (Å²) in [6, 6.07) is 15.4. The third-order valence-electron chi connectivity index (χ3n) is 4.98. The van der Waals surface area contributed by atoms with Crippen LogP contribution in [0.4, 0.5) is 20.2 Å². The molecule has 132 valence electrons. The van der Waals surface area contributed by atoms with Gasteiger partial charge >= 0.3 is 0 Å². The molecule has 0 aliphatic carbocycles. The molecule has 0 atom stereocenters. The monoisotopic (exact) mass is 359 g/mol. The molecule has 0 radical (unpaired) electrons. The van der Waals surface area contributed by atoms with Crippen molar-refractivity contribution >= 4 is 22.3 Å². The van der Waals surface area contributed by atoms with Gasteiger partial charge in [-0.25, -0.2) is 13.8 Å². The van der Waals surface area contributed by atoms with Crippen LogP contribution in [-0.2, 0) is 6.42 Å². The average Bonchev–Trinajstić information content (AvgIpc) is 3.12. The zero-order chi connectivity index (χ0) is 18.4. The van der Waals surface area contributed by atoms with E-state index in [1.165, 1.54) is 6.07 Å². The summed E-state index contributed by atoms with van der Waals surface area (Å²) in [5.74, 6) is -1.00. The van der Waals surface area contributed by atoms with Crippen LogP contribution in [-0.4, -0.2) is 16.5 Å². The maximum Gasteiger partial charge on any atom is 0.173 e. The van der Waals surface area contributed by atoms with E-state index in [2.05, 4.69) is 9.97 Å². The number of halogens is 2. The van der Waals surface area contributed by atoms with Gasteiger partial charge < -0.3 is 4.90 Å². The number of para-hydroxylation sites is 1. The molecule has 2 aromatic heterocycles. The van der Waals surface area contributed by atoms with Gasteiger partial charge in [0.2, 0.25) is 0 Å². The molecule has 5 rings (SSSR count). The fourth-order valence-electron chi connectivity index (χ4n) is 3.73. The number of hydrogen-bond donors (Lipinski definition) is 0. The highest BCUT2D eigenvalue weighted by Crippen LogP contribution is 2.42. The van der Waals surface area contributed by atoms with Gasteiger partial charge in [0.25, 0.3) is 0 Å². The summed E-state index contributed by atoms with van der Waals surface area (Å²) < 4.78 is 30.1. The molecule has 4 aromatic rings. The van der Waals surface area contributed by atoms with Crippen molar-refractivity contribution in [2.45, 2.75) is 6.42 Å². The molecule has 0 saturated carbocycles. The first-order valence-corrected chi connectivity index (χ1v) is 8.77. The molecular weight excluding hydrogens is 344 g/mol. The lowest BCUT2D eigenvalue weighted by molar-refractivity contribution is 0.612. The van der Waals surface area contributed by atoms with E-state index in [1.807, 2.05) is 41.4 Å². The topological polar surface area (TPSA) is 29.0 Å². The highest BCUT2D eigenvalue weighted by atomic mass is 19.1. The number of fused-ring (bicyclic) bond motifs is 2. The van der Waals surface area contributed by atoms with Crippen LogP contribution in [0.3, 0.4) is 0 Å². The van der Waals surface area contributed by atoms with E-state index < -0.39 is 11.6 Å². The Morgan fingerprint density at radius 2 is 1.74 bits per heavy atom. The SMILES string of the molecule is Fc1ccccc1-c1nc2ccccc2c(N2CCc3cnccc32)c1F. The second-order valence-corrected chi connectivity index (χ2v) is 6.53. The minimum Gasteiger partial charge on any atom is -0.338 e. The van der Waals surface area contributed by atoms with Gasteiger partial charge in [0.15, 0.2) is 5.82 Å². The van der Waals surface area contributed by atoms with Crippen molar-refractivity contribution in [2.24, 2.45) is 0 Å². The van der Waals surface area contributed by atoms with Gasteiger partial charge in [-0.3, -0.25) is 4.98 Å². The van der Waals surface area contributed by atoms with Gasteiger partial charge in [0, 0.05) is 35.6 Å². The van der Waals surface area contributed by atoms with Crippen LogP contribution in [0.15, 0.2) is 67.0 Å². The second-order valence-electron chi connectivity index (χ2n) is 6.53. The Labute approximate surface area is 154 Å². The third kappa shape index (κ3) is 2.46. The Hall–Kier alpha value is -3.34. The predicted octanol–water partition coefficient (Wildman–Crippen LogP) is 5.27. The average molecular weight is 359 g/mol. The van der Waals surface area contributed by atoms with Gasteiger partial charge in [-0.2, -0.15) is 0 Å². The van der Waals surface area contributed by atoms with Crippen molar-refractivity contribution < 1.29 is 8.78 Å². The molecule has 0 spiro atoms. The van der Waals surface area contributed by atoms with Crippen LogP contribution < -0.4 is 4.90 Å². The first-order valence-electron chi connectivity index (χ1n) is 8.77. The number of benzene rings is 2. The number of pyridine rings is 2. The van der Waals surface area contributed by atoms with Crippen molar-refractivity contribution in [3.8, 4) is 11.3 Å². The van der Waals surface area contributed by atoms with Crippen molar-refractivity contribution in [2.75, 3.05) is 11.4 Å². The second kappa shape index (κ2) is 6.13. The summed E-state index contributed by atoms with van der Waals surface area (Å²) in [7, 11) is 0. The van der Waals surface area contributed by atoms with Gasteiger partial charge in [-0.05, 0) is 36.2 Å². The zero-order valence-electron chi connectivity index (χ0n) is 14.4. The first kappa shape index (κ1) is 15.9. The summed E-state index contributed by atoms with van der Waals surface area (Å²) in [5.41, 5.74) is 3.27. The van der Waals surface area contributed by atoms with Gasteiger partial charge in [-0.15, -0.1) is 0 Å². The summed E-state index contributed by atoms with van der Waals surface area (Å²) in [4.78, 5) is 10.5. The van der Waals surface area contributed by atoms with E-state index in [0.29, 0.717) is 23.1 Å². The number of anilines is 2. The molecule has 0 unspecified atom stereocenters. The zero-order valence-corrected chi connectivity index (χ0v) is 14.4. The van der Waals surface area contributed by atoms with Crippen molar-refractivity contribution in [1.82, 2.24) is 9.97 Å². The number of nitrogens with zero attached hydrogens (tertiary/aromatic N) is 3. The Balaban J connectivity index is 1.82. The van der Waals surface area contributed by atoms with Crippen molar-refractivity contribution in [1.29, 1.82) is 0 Å². The summed E-state index contributed by atoms with van der Waals surface area (Å²) in [6.45, 7) is 0.642. The lowest BCUT2D eigenvalue weighted by atomic mass is 10.1. The summed E-state index contributed by atoms with van der Waals surface area (Å²) in [5, 5.41) is 0.708. The molecule has 0 bridgehead atoms. The van der Waals surface area contributed by atoms with E-state index in [0.717, 1.165) is 17.7 Å². The van der Waals surface area contributed by atoms with E-state index in [9.17, 15) is 4.39 Å². The maximum atomic E-state index is 15.7. The Morgan fingerprint density at radius 3 is 2.63 bits per heavy atom. The fourth-order valence-corrected chi connectivity index (χ4v) is 3.73. The van der Waals surface area contributed by atoms with Crippen LogP contribution in [0.25, 0.3) is 22.2 Å². The first-order chi connectivity index (χ1) is 13.2. The smallest absolute Gasteiger partial charge is 0.173 e. The van der Waals surface area contributed by atoms with Crippen LogP contribution in [0.1, 0.15) is 5.56 Å². The summed E-state index contributed by atoms with van der Waals surface area (Å²) >= 11 is 0. The third-order valence-corrected chi connectivity index (χ3v) is 4.98. The van der Waals surface area contributed by atoms with E-state index in [-0.39, 0.29) is 11.3 Å². The fraction of sp³-hybridized carbons (Fsp3) is 0.0909. The molecule has 27 heavy (non-hydrogen) atoms. The van der Waals surface area contributed by atoms with Crippen LogP contribution in [0, 0.1) is 11.6 Å². The molecule has 0 saturated heterocycles.